The molecule has 0 spiro atoms. The highest BCUT2D eigenvalue weighted by molar-refractivity contribution is 5.97. The number of carbonyl (C=O) groups is 1. The average Bonchev–Trinajstić information content (AvgIpc) is 2.61. The molecule has 0 fully saturated rings. The van der Waals surface area contributed by atoms with Crippen molar-refractivity contribution in [2.45, 2.75) is 19.1 Å². The van der Waals surface area contributed by atoms with Crippen LogP contribution in [0.4, 0.5) is 24.5 Å². The van der Waals surface area contributed by atoms with E-state index in [-0.39, 0.29) is 11.7 Å². The molecule has 0 aliphatic rings. The van der Waals surface area contributed by atoms with Crippen LogP contribution in [-0.4, -0.2) is 24.7 Å². The van der Waals surface area contributed by atoms with Crippen molar-refractivity contribution in [3.8, 4) is 11.8 Å². The Morgan fingerprint density at radius 1 is 1.19 bits per heavy atom. The van der Waals surface area contributed by atoms with Crippen LogP contribution in [0.3, 0.4) is 0 Å². The van der Waals surface area contributed by atoms with Gasteiger partial charge in [0.05, 0.1) is 11.3 Å². The summed E-state index contributed by atoms with van der Waals surface area (Å²) in [6.07, 6.45) is -4.40. The third kappa shape index (κ3) is 5.70. The summed E-state index contributed by atoms with van der Waals surface area (Å²) in [5.41, 5.74) is 1.30. The summed E-state index contributed by atoms with van der Waals surface area (Å²) in [5.74, 6) is -0.280. The van der Waals surface area contributed by atoms with E-state index in [9.17, 15) is 18.0 Å². The van der Waals surface area contributed by atoms with Gasteiger partial charge in [0.25, 0.3) is 0 Å². The van der Waals surface area contributed by atoms with Gasteiger partial charge in [0.1, 0.15) is 17.9 Å². The normalized spacial score (nSPS) is 12.0. The second-order valence-electron chi connectivity index (χ2n) is 5.44. The summed E-state index contributed by atoms with van der Waals surface area (Å²) in [5, 5.41) is 14.6. The van der Waals surface area contributed by atoms with Crippen LogP contribution in [0.2, 0.25) is 0 Å². The largest absolute Gasteiger partial charge is 0.484 e. The number of nitrogens with zero attached hydrogens (tertiary/aromatic N) is 1. The molecule has 5 nitrogen and oxygen atoms in total. The number of carbonyl (C=O) groups excluding carboxylic acids is 1. The van der Waals surface area contributed by atoms with Crippen molar-refractivity contribution in [2.24, 2.45) is 0 Å². The minimum atomic E-state index is -4.40. The second-order valence-corrected chi connectivity index (χ2v) is 5.44. The van der Waals surface area contributed by atoms with E-state index in [0.717, 1.165) is 0 Å². The summed E-state index contributed by atoms with van der Waals surface area (Å²) >= 11 is 0. The van der Waals surface area contributed by atoms with Gasteiger partial charge in [-0.25, -0.2) is 0 Å². The van der Waals surface area contributed by atoms with Gasteiger partial charge >= 0.3 is 6.18 Å². The molecule has 8 heteroatoms. The summed E-state index contributed by atoms with van der Waals surface area (Å²) in [4.78, 5) is 12.2. The maximum atomic E-state index is 12.2. The number of nitriles is 1. The van der Waals surface area contributed by atoms with Crippen LogP contribution in [0, 0.1) is 11.3 Å². The van der Waals surface area contributed by atoms with Gasteiger partial charge in [0.2, 0.25) is 5.91 Å². The summed E-state index contributed by atoms with van der Waals surface area (Å²) < 4.78 is 41.0. The predicted octanol–water partition coefficient (Wildman–Crippen LogP) is 3.94. The number of anilines is 2. The van der Waals surface area contributed by atoms with Crippen LogP contribution in [-0.2, 0) is 4.79 Å². The van der Waals surface area contributed by atoms with Crippen molar-refractivity contribution in [1.29, 1.82) is 5.26 Å². The molecule has 2 aromatic rings. The Balaban J connectivity index is 1.93. The predicted molar refractivity (Wildman–Crippen MR) is 90.9 cm³/mol. The van der Waals surface area contributed by atoms with Crippen LogP contribution in [0.1, 0.15) is 12.5 Å². The highest BCUT2D eigenvalue weighted by atomic mass is 19.4. The lowest BCUT2D eigenvalue weighted by molar-refractivity contribution is -0.153. The fraction of sp³-hybridized carbons (Fsp3) is 0.222. The Hall–Kier alpha value is -3.21. The number of benzene rings is 2. The fourth-order valence-corrected chi connectivity index (χ4v) is 2.06. The lowest BCUT2D eigenvalue weighted by Gasteiger charge is -2.16. The summed E-state index contributed by atoms with van der Waals surface area (Å²) in [6.45, 7) is 0.259. The maximum Gasteiger partial charge on any atom is 0.422 e. The molecule has 0 saturated heterocycles. The van der Waals surface area contributed by atoms with Gasteiger partial charge < -0.3 is 15.4 Å². The molecule has 0 heterocycles. The summed E-state index contributed by atoms with van der Waals surface area (Å²) in [6, 6.07) is 13.7. The van der Waals surface area contributed by atoms with Crippen LogP contribution in [0.15, 0.2) is 48.5 Å². The van der Waals surface area contributed by atoms with E-state index in [1.54, 1.807) is 31.2 Å². The van der Waals surface area contributed by atoms with Crippen molar-refractivity contribution in [3.63, 3.8) is 0 Å². The highest BCUT2D eigenvalue weighted by Crippen LogP contribution is 2.21. The molecule has 0 aliphatic carbocycles. The number of alkyl halides is 3. The van der Waals surface area contributed by atoms with E-state index < -0.39 is 18.8 Å². The first kappa shape index (κ1) is 19.1. The molecule has 0 aliphatic heterocycles. The lowest BCUT2D eigenvalue weighted by Crippen LogP contribution is -2.32. The average molecular weight is 363 g/mol. The van der Waals surface area contributed by atoms with Crippen molar-refractivity contribution >= 4 is 17.3 Å². The second kappa shape index (κ2) is 8.25. The van der Waals surface area contributed by atoms with E-state index in [1.807, 2.05) is 6.07 Å². The van der Waals surface area contributed by atoms with E-state index >= 15 is 0 Å². The number of hydrogen-bond donors (Lipinski definition) is 2. The number of para-hydroxylation sites is 1. The van der Waals surface area contributed by atoms with Crippen molar-refractivity contribution in [3.05, 3.63) is 54.1 Å². The zero-order valence-corrected chi connectivity index (χ0v) is 13.8. The van der Waals surface area contributed by atoms with Crippen LogP contribution < -0.4 is 15.4 Å². The number of rotatable bonds is 6. The third-order valence-electron chi connectivity index (χ3n) is 3.34. The molecule has 0 bridgehead atoms. The maximum absolute atomic E-state index is 12.2. The molecule has 1 amide bonds. The molecule has 1 atom stereocenters. The van der Waals surface area contributed by atoms with Crippen molar-refractivity contribution < 1.29 is 22.7 Å². The Morgan fingerprint density at radius 3 is 2.46 bits per heavy atom. The first-order valence-electron chi connectivity index (χ1n) is 7.64. The minimum absolute atomic E-state index is 0.0768. The molecule has 2 N–H and O–H groups in total. The minimum Gasteiger partial charge on any atom is -0.484 e. The van der Waals surface area contributed by atoms with Gasteiger partial charge in [-0.3, -0.25) is 4.79 Å². The van der Waals surface area contributed by atoms with E-state index in [2.05, 4.69) is 15.4 Å². The Bertz CT molecular complexity index is 799. The highest BCUT2D eigenvalue weighted by Gasteiger charge is 2.28. The lowest BCUT2D eigenvalue weighted by atomic mass is 10.2. The van der Waals surface area contributed by atoms with Crippen molar-refractivity contribution in [2.75, 3.05) is 17.2 Å². The Kier molecular flexibility index (Phi) is 6.07. The number of amides is 1. The van der Waals surface area contributed by atoms with Crippen molar-refractivity contribution in [1.82, 2.24) is 0 Å². The fourth-order valence-electron chi connectivity index (χ4n) is 2.06. The third-order valence-corrected chi connectivity index (χ3v) is 3.34. The number of nitrogens with one attached hydrogen (secondary N) is 2. The van der Waals surface area contributed by atoms with Crippen LogP contribution >= 0.6 is 0 Å². The molecule has 0 unspecified atom stereocenters. The molecule has 0 aromatic heterocycles. The smallest absolute Gasteiger partial charge is 0.422 e. The van der Waals surface area contributed by atoms with Gasteiger partial charge in [0, 0.05) is 5.69 Å². The monoisotopic (exact) mass is 363 g/mol. The van der Waals surface area contributed by atoms with Gasteiger partial charge in [-0.2, -0.15) is 18.4 Å². The molecule has 0 saturated carbocycles. The van der Waals surface area contributed by atoms with Crippen LogP contribution in [0.25, 0.3) is 0 Å². The first-order valence-corrected chi connectivity index (χ1v) is 7.64. The Labute approximate surface area is 148 Å². The number of halogens is 3. The molecule has 2 rings (SSSR count). The molecular weight excluding hydrogens is 347 g/mol. The number of ether oxygens (including phenoxy) is 1. The molecule has 136 valence electrons. The van der Waals surface area contributed by atoms with Gasteiger partial charge in [-0.15, -0.1) is 0 Å². The Morgan fingerprint density at radius 2 is 1.85 bits per heavy atom. The quantitative estimate of drug-likeness (QED) is 0.815. The van der Waals surface area contributed by atoms with E-state index in [0.29, 0.717) is 16.9 Å². The molecule has 0 radical (unpaired) electrons. The summed E-state index contributed by atoms with van der Waals surface area (Å²) in [7, 11) is 0. The topological polar surface area (TPSA) is 74.2 Å². The molecule has 2 aromatic carbocycles. The van der Waals surface area contributed by atoms with E-state index in [4.69, 9.17) is 5.26 Å². The van der Waals surface area contributed by atoms with Gasteiger partial charge in [-0.1, -0.05) is 12.1 Å². The van der Waals surface area contributed by atoms with Gasteiger partial charge in [0.15, 0.2) is 6.61 Å². The zero-order chi connectivity index (χ0) is 19.2. The van der Waals surface area contributed by atoms with Crippen LogP contribution in [0.5, 0.6) is 5.75 Å². The standard InChI is InChI=1S/C18H16F3N3O2/c1-12(17(25)24-16-5-3-2-4-13(16)10-22)23-14-6-8-15(9-7-14)26-11-18(19,20)21/h2-9,12,23H,11H2,1H3,(H,24,25)/t12-/m1/s1. The van der Waals surface area contributed by atoms with E-state index in [1.165, 1.54) is 24.3 Å². The number of hydrogen-bond acceptors (Lipinski definition) is 4. The first-order chi connectivity index (χ1) is 12.3. The SMILES string of the molecule is C[C@@H](Nc1ccc(OCC(F)(F)F)cc1)C(=O)Nc1ccccc1C#N. The molecular formula is C18H16F3N3O2. The zero-order valence-electron chi connectivity index (χ0n) is 13.8. The molecule has 26 heavy (non-hydrogen) atoms. The van der Waals surface area contributed by atoms with Gasteiger partial charge in [-0.05, 0) is 43.3 Å².